The number of carboxylic acids is 1. The largest absolute Gasteiger partial charge is 0.491 e. The molecule has 6 heteroatoms. The number of rotatable bonds is 5. The summed E-state index contributed by atoms with van der Waals surface area (Å²) in [6, 6.07) is 18.8. The molecule has 4 rings (SSSR count). The SMILES string of the molecule is CC(C)Oc1ccc(-c2ccc(-c3cc(C(=O)O)c4cc(I)ccc4n3)nc2)cc1. The minimum absolute atomic E-state index is 0.130. The van der Waals surface area contributed by atoms with Crippen LogP contribution in [-0.4, -0.2) is 27.1 Å². The third-order valence-corrected chi connectivity index (χ3v) is 5.26. The number of hydrogen-bond donors (Lipinski definition) is 1. The van der Waals surface area contributed by atoms with Crippen molar-refractivity contribution in [1.29, 1.82) is 0 Å². The van der Waals surface area contributed by atoms with Crippen LogP contribution in [0.2, 0.25) is 0 Å². The van der Waals surface area contributed by atoms with E-state index in [4.69, 9.17) is 4.74 Å². The van der Waals surface area contributed by atoms with E-state index in [9.17, 15) is 9.90 Å². The Morgan fingerprint density at radius 1 is 0.967 bits per heavy atom. The summed E-state index contributed by atoms with van der Waals surface area (Å²) in [4.78, 5) is 20.9. The Bertz CT molecular complexity index is 1220. The molecule has 0 radical (unpaired) electrons. The highest BCUT2D eigenvalue weighted by atomic mass is 127. The van der Waals surface area contributed by atoms with Crippen LogP contribution in [0.1, 0.15) is 24.2 Å². The smallest absolute Gasteiger partial charge is 0.336 e. The van der Waals surface area contributed by atoms with Gasteiger partial charge >= 0.3 is 5.97 Å². The van der Waals surface area contributed by atoms with Crippen molar-refractivity contribution in [1.82, 2.24) is 9.97 Å². The Morgan fingerprint density at radius 3 is 2.33 bits per heavy atom. The minimum atomic E-state index is -0.981. The molecular formula is C24H19IN2O3. The normalized spacial score (nSPS) is 11.1. The lowest BCUT2D eigenvalue weighted by molar-refractivity contribution is 0.0699. The van der Waals surface area contributed by atoms with Crippen LogP contribution < -0.4 is 4.74 Å². The summed E-state index contributed by atoms with van der Waals surface area (Å²) in [6.45, 7) is 3.99. The average molecular weight is 510 g/mol. The molecule has 5 nitrogen and oxygen atoms in total. The number of hydrogen-bond acceptors (Lipinski definition) is 4. The molecule has 0 unspecified atom stereocenters. The van der Waals surface area contributed by atoms with Gasteiger partial charge in [0.15, 0.2) is 0 Å². The van der Waals surface area contributed by atoms with Crippen LogP contribution in [0.25, 0.3) is 33.4 Å². The highest BCUT2D eigenvalue weighted by molar-refractivity contribution is 14.1. The van der Waals surface area contributed by atoms with Crippen LogP contribution in [0.3, 0.4) is 0 Å². The van der Waals surface area contributed by atoms with Gasteiger partial charge in [-0.15, -0.1) is 0 Å². The zero-order valence-electron chi connectivity index (χ0n) is 16.5. The predicted octanol–water partition coefficient (Wildman–Crippen LogP) is 6.05. The predicted molar refractivity (Wildman–Crippen MR) is 126 cm³/mol. The second-order valence-electron chi connectivity index (χ2n) is 7.14. The maximum absolute atomic E-state index is 11.8. The summed E-state index contributed by atoms with van der Waals surface area (Å²) >= 11 is 2.16. The van der Waals surface area contributed by atoms with Crippen molar-refractivity contribution in [3.05, 3.63) is 76.0 Å². The fraction of sp³-hybridized carbons (Fsp3) is 0.125. The number of halogens is 1. The molecule has 2 heterocycles. The van der Waals surface area contributed by atoms with E-state index in [1.54, 1.807) is 12.3 Å². The number of pyridine rings is 2. The van der Waals surface area contributed by atoms with Crippen LogP contribution in [0.4, 0.5) is 0 Å². The van der Waals surface area contributed by atoms with E-state index in [1.165, 1.54) is 0 Å². The molecular weight excluding hydrogens is 491 g/mol. The van der Waals surface area contributed by atoms with Crippen LogP contribution >= 0.6 is 22.6 Å². The molecule has 1 N–H and O–H groups in total. The molecule has 0 aliphatic heterocycles. The highest BCUT2D eigenvalue weighted by Gasteiger charge is 2.14. The second kappa shape index (κ2) is 8.39. The lowest BCUT2D eigenvalue weighted by Gasteiger charge is -2.10. The van der Waals surface area contributed by atoms with Gasteiger partial charge in [-0.05, 0) is 84.5 Å². The third-order valence-electron chi connectivity index (χ3n) is 4.59. The number of carbonyl (C=O) groups is 1. The van der Waals surface area contributed by atoms with Gasteiger partial charge < -0.3 is 9.84 Å². The van der Waals surface area contributed by atoms with E-state index in [1.807, 2.05) is 68.4 Å². The maximum Gasteiger partial charge on any atom is 0.336 e. The Hall–Kier alpha value is -3.00. The van der Waals surface area contributed by atoms with Gasteiger partial charge in [-0.2, -0.15) is 0 Å². The molecule has 0 spiro atoms. The molecule has 0 amide bonds. The zero-order chi connectivity index (χ0) is 21.3. The van der Waals surface area contributed by atoms with Gasteiger partial charge in [0.1, 0.15) is 5.75 Å². The summed E-state index contributed by atoms with van der Waals surface area (Å²) in [5.41, 5.74) is 4.01. The average Bonchev–Trinajstić information content (AvgIpc) is 2.73. The molecule has 2 aromatic carbocycles. The first-order valence-electron chi connectivity index (χ1n) is 9.48. The first kappa shape index (κ1) is 20.3. The zero-order valence-corrected chi connectivity index (χ0v) is 18.6. The molecule has 0 saturated carbocycles. The number of aromatic nitrogens is 2. The maximum atomic E-state index is 11.8. The van der Waals surface area contributed by atoms with Gasteiger partial charge in [-0.25, -0.2) is 9.78 Å². The summed E-state index contributed by atoms with van der Waals surface area (Å²) in [6.07, 6.45) is 1.90. The highest BCUT2D eigenvalue weighted by Crippen LogP contribution is 2.27. The number of fused-ring (bicyclic) bond motifs is 1. The quantitative estimate of drug-likeness (QED) is 0.331. The van der Waals surface area contributed by atoms with Crippen LogP contribution in [-0.2, 0) is 0 Å². The van der Waals surface area contributed by atoms with E-state index in [0.717, 1.165) is 20.4 Å². The Morgan fingerprint density at radius 2 is 1.70 bits per heavy atom. The van der Waals surface area contributed by atoms with E-state index >= 15 is 0 Å². The van der Waals surface area contributed by atoms with Crippen molar-refractivity contribution >= 4 is 39.5 Å². The van der Waals surface area contributed by atoms with Gasteiger partial charge in [0.2, 0.25) is 0 Å². The summed E-state index contributed by atoms with van der Waals surface area (Å²) in [7, 11) is 0. The lowest BCUT2D eigenvalue weighted by Crippen LogP contribution is -2.05. The van der Waals surface area contributed by atoms with E-state index in [-0.39, 0.29) is 11.7 Å². The number of aromatic carboxylic acids is 1. The van der Waals surface area contributed by atoms with Crippen LogP contribution in [0.5, 0.6) is 5.75 Å². The molecule has 0 saturated heterocycles. The Kier molecular flexibility index (Phi) is 5.67. The van der Waals surface area contributed by atoms with Crippen molar-refractivity contribution in [3.8, 4) is 28.3 Å². The molecule has 0 aliphatic carbocycles. The molecule has 30 heavy (non-hydrogen) atoms. The molecule has 2 aromatic heterocycles. The van der Waals surface area contributed by atoms with Crippen molar-refractivity contribution < 1.29 is 14.6 Å². The summed E-state index contributed by atoms with van der Waals surface area (Å²) in [5, 5.41) is 10.3. The lowest BCUT2D eigenvalue weighted by atomic mass is 10.0. The molecule has 0 aliphatic rings. The second-order valence-corrected chi connectivity index (χ2v) is 8.39. The number of ether oxygens (including phenoxy) is 1. The third kappa shape index (κ3) is 4.28. The fourth-order valence-electron chi connectivity index (χ4n) is 3.22. The molecule has 4 aromatic rings. The van der Waals surface area contributed by atoms with E-state index in [2.05, 4.69) is 32.6 Å². The fourth-order valence-corrected chi connectivity index (χ4v) is 3.71. The van der Waals surface area contributed by atoms with Crippen molar-refractivity contribution in [2.45, 2.75) is 20.0 Å². The summed E-state index contributed by atoms with van der Waals surface area (Å²) < 4.78 is 6.65. The number of benzene rings is 2. The molecule has 0 atom stereocenters. The Balaban J connectivity index is 1.68. The van der Waals surface area contributed by atoms with Crippen molar-refractivity contribution in [3.63, 3.8) is 0 Å². The first-order valence-corrected chi connectivity index (χ1v) is 10.6. The van der Waals surface area contributed by atoms with E-state index < -0.39 is 5.97 Å². The molecule has 0 fully saturated rings. The van der Waals surface area contributed by atoms with Gasteiger partial charge in [0, 0.05) is 20.7 Å². The molecule has 0 bridgehead atoms. The standard InChI is InChI=1S/C24H19IN2O3/c1-14(2)30-18-7-3-15(4-8-18)16-5-9-22(26-13-16)23-12-20(24(28)29)19-11-17(25)6-10-21(19)27-23/h3-14H,1-2H3,(H,28,29). The number of nitrogens with zero attached hydrogens (tertiary/aromatic N) is 2. The van der Waals surface area contributed by atoms with Gasteiger partial charge in [0.25, 0.3) is 0 Å². The first-order chi connectivity index (χ1) is 14.4. The van der Waals surface area contributed by atoms with Gasteiger partial charge in [-0.1, -0.05) is 18.2 Å². The van der Waals surface area contributed by atoms with Crippen molar-refractivity contribution in [2.75, 3.05) is 0 Å². The number of carboxylic acid groups (broad SMARTS) is 1. The van der Waals surface area contributed by atoms with E-state index in [0.29, 0.717) is 22.3 Å². The van der Waals surface area contributed by atoms with Crippen LogP contribution in [0.15, 0.2) is 66.9 Å². The summed E-state index contributed by atoms with van der Waals surface area (Å²) in [5.74, 6) is -0.152. The minimum Gasteiger partial charge on any atom is -0.491 e. The van der Waals surface area contributed by atoms with Gasteiger partial charge in [-0.3, -0.25) is 4.98 Å². The van der Waals surface area contributed by atoms with Crippen LogP contribution in [0, 0.1) is 3.57 Å². The van der Waals surface area contributed by atoms with Crippen molar-refractivity contribution in [2.24, 2.45) is 0 Å². The van der Waals surface area contributed by atoms with Gasteiger partial charge in [0.05, 0.1) is 28.6 Å². The Labute approximate surface area is 187 Å². The molecule has 150 valence electrons. The monoisotopic (exact) mass is 510 g/mol. The topological polar surface area (TPSA) is 72.3 Å².